The van der Waals surface area contributed by atoms with Gasteiger partial charge in [0.05, 0.1) is 0 Å². The van der Waals surface area contributed by atoms with Crippen molar-refractivity contribution in [1.29, 1.82) is 0 Å². The third-order valence-electron chi connectivity index (χ3n) is 2.82. The van der Waals surface area contributed by atoms with Crippen molar-refractivity contribution in [3.05, 3.63) is 34.9 Å². The standard InChI is InChI=1S/C14H17ClFNO3/c1-9(6-10-2-4-11(15)5-3-10)7-13(18)17-12(8-16)14(19)20/h2-5,9,12H,6-8H2,1H3,(H,17,18)(H,19,20). The molecule has 0 aromatic heterocycles. The van der Waals surface area contributed by atoms with Gasteiger partial charge in [-0.2, -0.15) is 0 Å². The Morgan fingerprint density at radius 2 is 1.95 bits per heavy atom. The zero-order valence-corrected chi connectivity index (χ0v) is 11.9. The smallest absolute Gasteiger partial charge is 0.328 e. The largest absolute Gasteiger partial charge is 0.480 e. The van der Waals surface area contributed by atoms with Crippen molar-refractivity contribution in [2.75, 3.05) is 6.67 Å². The number of alkyl halides is 1. The van der Waals surface area contributed by atoms with E-state index in [-0.39, 0.29) is 12.3 Å². The lowest BCUT2D eigenvalue weighted by molar-refractivity contribution is -0.142. The zero-order chi connectivity index (χ0) is 15.1. The van der Waals surface area contributed by atoms with Crippen LogP contribution in [0.2, 0.25) is 5.02 Å². The Labute approximate surface area is 121 Å². The molecule has 0 aliphatic carbocycles. The Balaban J connectivity index is 2.45. The quantitative estimate of drug-likeness (QED) is 0.813. The first-order chi connectivity index (χ1) is 9.42. The minimum Gasteiger partial charge on any atom is -0.480 e. The molecule has 2 unspecified atom stereocenters. The molecule has 4 nitrogen and oxygen atoms in total. The van der Waals surface area contributed by atoms with Crippen molar-refractivity contribution >= 4 is 23.5 Å². The number of carbonyl (C=O) groups is 2. The fourth-order valence-corrected chi connectivity index (χ4v) is 1.96. The molecule has 1 aromatic carbocycles. The van der Waals surface area contributed by atoms with Gasteiger partial charge >= 0.3 is 5.97 Å². The van der Waals surface area contributed by atoms with Crippen LogP contribution in [0.25, 0.3) is 0 Å². The first kappa shape index (κ1) is 16.4. The van der Waals surface area contributed by atoms with E-state index in [9.17, 15) is 14.0 Å². The van der Waals surface area contributed by atoms with E-state index in [1.54, 1.807) is 12.1 Å². The van der Waals surface area contributed by atoms with E-state index in [0.29, 0.717) is 11.4 Å². The van der Waals surface area contributed by atoms with E-state index in [1.165, 1.54) is 0 Å². The lowest BCUT2D eigenvalue weighted by atomic mass is 9.98. The van der Waals surface area contributed by atoms with Gasteiger partial charge in [-0.25, -0.2) is 9.18 Å². The van der Waals surface area contributed by atoms with Gasteiger partial charge in [-0.3, -0.25) is 4.79 Å². The summed E-state index contributed by atoms with van der Waals surface area (Å²) >= 11 is 5.78. The van der Waals surface area contributed by atoms with Gasteiger partial charge in [-0.1, -0.05) is 30.7 Å². The van der Waals surface area contributed by atoms with E-state index in [0.717, 1.165) is 5.56 Å². The minimum atomic E-state index is -1.47. The average molecular weight is 302 g/mol. The van der Waals surface area contributed by atoms with E-state index in [2.05, 4.69) is 5.32 Å². The van der Waals surface area contributed by atoms with Crippen LogP contribution in [0.1, 0.15) is 18.9 Å². The summed E-state index contributed by atoms with van der Waals surface area (Å²) in [4.78, 5) is 22.2. The maximum Gasteiger partial charge on any atom is 0.328 e. The minimum absolute atomic E-state index is 0.0187. The number of rotatable bonds is 7. The fourth-order valence-electron chi connectivity index (χ4n) is 1.83. The van der Waals surface area contributed by atoms with Gasteiger partial charge in [0.1, 0.15) is 6.67 Å². The molecule has 0 fully saturated rings. The van der Waals surface area contributed by atoms with E-state index < -0.39 is 24.6 Å². The number of hydrogen-bond donors (Lipinski definition) is 2. The van der Waals surface area contributed by atoms with Crippen molar-refractivity contribution in [2.24, 2.45) is 5.92 Å². The third kappa shape index (κ3) is 5.57. The number of carboxylic acid groups (broad SMARTS) is 1. The highest BCUT2D eigenvalue weighted by molar-refractivity contribution is 6.30. The summed E-state index contributed by atoms with van der Waals surface area (Å²) in [6.45, 7) is 0.756. The molecule has 0 aliphatic rings. The van der Waals surface area contributed by atoms with Crippen LogP contribution < -0.4 is 5.32 Å². The molecule has 0 radical (unpaired) electrons. The number of carbonyl (C=O) groups excluding carboxylic acids is 1. The lowest BCUT2D eigenvalue weighted by Gasteiger charge is -2.14. The number of amides is 1. The Morgan fingerprint density at radius 1 is 1.35 bits per heavy atom. The molecular formula is C14H17ClFNO3. The Bertz CT molecular complexity index is 464. The molecule has 110 valence electrons. The monoisotopic (exact) mass is 301 g/mol. The Morgan fingerprint density at radius 3 is 2.45 bits per heavy atom. The van der Waals surface area contributed by atoms with Crippen LogP contribution in [-0.4, -0.2) is 29.7 Å². The van der Waals surface area contributed by atoms with Crippen LogP contribution in [-0.2, 0) is 16.0 Å². The number of benzene rings is 1. The second-order valence-corrected chi connectivity index (χ2v) is 5.19. The number of halogens is 2. The highest BCUT2D eigenvalue weighted by Gasteiger charge is 2.20. The molecule has 0 saturated carbocycles. The van der Waals surface area contributed by atoms with Crippen molar-refractivity contribution in [1.82, 2.24) is 5.32 Å². The van der Waals surface area contributed by atoms with Gasteiger partial charge in [0.25, 0.3) is 0 Å². The normalized spacial score (nSPS) is 13.6. The molecule has 0 saturated heterocycles. The van der Waals surface area contributed by atoms with Crippen LogP contribution >= 0.6 is 11.6 Å². The second kappa shape index (κ2) is 7.85. The van der Waals surface area contributed by atoms with Crippen LogP contribution in [0.3, 0.4) is 0 Å². The van der Waals surface area contributed by atoms with Gasteiger partial charge in [-0.15, -0.1) is 0 Å². The maximum atomic E-state index is 12.4. The van der Waals surface area contributed by atoms with Gasteiger partial charge in [0.15, 0.2) is 6.04 Å². The number of carboxylic acids is 1. The van der Waals surface area contributed by atoms with Crippen LogP contribution in [0.4, 0.5) is 4.39 Å². The van der Waals surface area contributed by atoms with Crippen LogP contribution in [0.15, 0.2) is 24.3 Å². The van der Waals surface area contributed by atoms with Gasteiger partial charge in [0, 0.05) is 11.4 Å². The predicted molar refractivity (Wildman–Crippen MR) is 74.5 cm³/mol. The summed E-state index contributed by atoms with van der Waals surface area (Å²) in [5, 5.41) is 11.5. The Kier molecular flexibility index (Phi) is 6.45. The molecule has 0 aliphatic heterocycles. The fraction of sp³-hybridized carbons (Fsp3) is 0.429. The van der Waals surface area contributed by atoms with Crippen molar-refractivity contribution in [3.63, 3.8) is 0 Å². The van der Waals surface area contributed by atoms with E-state index >= 15 is 0 Å². The SMILES string of the molecule is CC(CC(=O)NC(CF)C(=O)O)Cc1ccc(Cl)cc1. The number of hydrogen-bond acceptors (Lipinski definition) is 2. The summed E-state index contributed by atoms with van der Waals surface area (Å²) in [6.07, 6.45) is 0.810. The first-order valence-corrected chi connectivity index (χ1v) is 6.62. The maximum absolute atomic E-state index is 12.4. The van der Waals surface area contributed by atoms with Crippen molar-refractivity contribution in [2.45, 2.75) is 25.8 Å². The second-order valence-electron chi connectivity index (χ2n) is 4.75. The topological polar surface area (TPSA) is 66.4 Å². The molecule has 1 amide bonds. The highest BCUT2D eigenvalue weighted by atomic mass is 35.5. The molecule has 1 aromatic rings. The summed E-state index contributed by atoms with van der Waals surface area (Å²) in [6, 6.07) is 5.82. The molecule has 2 atom stereocenters. The average Bonchev–Trinajstić information content (AvgIpc) is 2.38. The van der Waals surface area contributed by atoms with Gasteiger partial charge < -0.3 is 10.4 Å². The summed E-state index contributed by atoms with van der Waals surface area (Å²) in [7, 11) is 0. The third-order valence-corrected chi connectivity index (χ3v) is 3.07. The molecule has 0 spiro atoms. The van der Waals surface area contributed by atoms with Crippen molar-refractivity contribution < 1.29 is 19.1 Å². The summed E-state index contributed by atoms with van der Waals surface area (Å²) in [5.74, 6) is -1.81. The molecule has 6 heteroatoms. The van der Waals surface area contributed by atoms with Crippen LogP contribution in [0, 0.1) is 5.92 Å². The predicted octanol–water partition coefficient (Wildman–Crippen LogP) is 2.45. The molecule has 1 rings (SSSR count). The van der Waals surface area contributed by atoms with Crippen molar-refractivity contribution in [3.8, 4) is 0 Å². The molecule has 0 bridgehead atoms. The molecule has 20 heavy (non-hydrogen) atoms. The zero-order valence-electron chi connectivity index (χ0n) is 11.1. The number of nitrogens with one attached hydrogen (secondary N) is 1. The van der Waals surface area contributed by atoms with Gasteiger partial charge in [0.2, 0.25) is 5.91 Å². The van der Waals surface area contributed by atoms with Crippen LogP contribution in [0.5, 0.6) is 0 Å². The van der Waals surface area contributed by atoms with E-state index in [1.807, 2.05) is 19.1 Å². The van der Waals surface area contributed by atoms with E-state index in [4.69, 9.17) is 16.7 Å². The summed E-state index contributed by atoms with van der Waals surface area (Å²) in [5.41, 5.74) is 1.04. The Hall–Kier alpha value is -1.62. The molecule has 2 N–H and O–H groups in total. The summed E-state index contributed by atoms with van der Waals surface area (Å²) < 4.78 is 12.4. The highest BCUT2D eigenvalue weighted by Crippen LogP contribution is 2.15. The first-order valence-electron chi connectivity index (χ1n) is 6.25. The molecular weight excluding hydrogens is 285 g/mol. The van der Waals surface area contributed by atoms with Gasteiger partial charge in [-0.05, 0) is 30.0 Å². The lowest BCUT2D eigenvalue weighted by Crippen LogP contribution is -2.42. The number of aliphatic carboxylic acids is 1. The molecule has 0 heterocycles.